The van der Waals surface area contributed by atoms with Crippen molar-refractivity contribution in [3.05, 3.63) is 40.7 Å². The molecule has 0 saturated carbocycles. The van der Waals surface area contributed by atoms with E-state index in [-0.39, 0.29) is 23.5 Å². The van der Waals surface area contributed by atoms with E-state index in [9.17, 15) is 13.2 Å². The molecule has 2 aromatic rings. The topological polar surface area (TPSA) is 79.4 Å². The minimum atomic E-state index is -2.92. The van der Waals surface area contributed by atoms with E-state index in [1.165, 1.54) is 11.3 Å². The summed E-state index contributed by atoms with van der Waals surface area (Å²) in [5, 5.41) is 4.64. The number of nitrogens with zero attached hydrogens (tertiary/aromatic N) is 2. The van der Waals surface area contributed by atoms with Crippen molar-refractivity contribution < 1.29 is 13.2 Å². The van der Waals surface area contributed by atoms with E-state index in [2.05, 4.69) is 10.3 Å². The largest absolute Gasteiger partial charge is 0.356 e. The zero-order valence-electron chi connectivity index (χ0n) is 12.6. The van der Waals surface area contributed by atoms with Gasteiger partial charge in [-0.25, -0.2) is 13.4 Å². The van der Waals surface area contributed by atoms with Crippen molar-refractivity contribution in [2.24, 2.45) is 0 Å². The predicted molar refractivity (Wildman–Crippen MR) is 92.0 cm³/mol. The van der Waals surface area contributed by atoms with Crippen LogP contribution in [0.15, 0.2) is 35.8 Å². The second-order valence-corrected chi connectivity index (χ2v) is 8.68. The lowest BCUT2D eigenvalue weighted by atomic mass is 10.2. The number of amides is 1. The number of nitrogens with one attached hydrogen (secondary N) is 1. The van der Waals surface area contributed by atoms with Crippen LogP contribution in [0, 0.1) is 0 Å². The number of sulfone groups is 1. The maximum atomic E-state index is 12.0. The van der Waals surface area contributed by atoms with Crippen LogP contribution in [0.2, 0.25) is 0 Å². The van der Waals surface area contributed by atoms with Crippen molar-refractivity contribution in [3.63, 3.8) is 0 Å². The summed E-state index contributed by atoms with van der Waals surface area (Å²) in [6.45, 7) is 0. The predicted octanol–water partition coefficient (Wildman–Crippen LogP) is 2.02. The molecule has 0 radical (unpaired) electrons. The number of rotatable bonds is 4. The van der Waals surface area contributed by atoms with Gasteiger partial charge in [-0.2, -0.15) is 0 Å². The van der Waals surface area contributed by atoms with Crippen LogP contribution in [0.4, 0.5) is 11.5 Å². The number of hydrogen-bond donors (Lipinski definition) is 1. The summed E-state index contributed by atoms with van der Waals surface area (Å²) in [4.78, 5) is 18.8. The first-order valence-electron chi connectivity index (χ1n) is 7.19. The molecule has 1 aliphatic heterocycles. The Labute approximate surface area is 139 Å². The average molecular weight is 351 g/mol. The molecule has 1 unspecified atom stereocenters. The molecule has 1 amide bonds. The molecule has 1 atom stereocenters. The fourth-order valence-electron chi connectivity index (χ4n) is 2.54. The van der Waals surface area contributed by atoms with E-state index in [1.807, 2.05) is 23.4 Å². The molecule has 1 N–H and O–H groups in total. The molecule has 1 aliphatic rings. The van der Waals surface area contributed by atoms with Crippen LogP contribution in [-0.4, -0.2) is 43.9 Å². The van der Waals surface area contributed by atoms with Crippen LogP contribution < -0.4 is 10.2 Å². The van der Waals surface area contributed by atoms with Gasteiger partial charge in [0.25, 0.3) is 5.91 Å². The molecule has 3 heterocycles. The van der Waals surface area contributed by atoms with Crippen LogP contribution in [0.1, 0.15) is 16.1 Å². The highest BCUT2D eigenvalue weighted by Crippen LogP contribution is 2.22. The summed E-state index contributed by atoms with van der Waals surface area (Å²) in [5.74, 6) is 0.935. The normalized spacial score (nSPS) is 19.4. The molecule has 2 aromatic heterocycles. The molecule has 8 heteroatoms. The van der Waals surface area contributed by atoms with Gasteiger partial charge in [0.05, 0.1) is 28.3 Å². The second kappa shape index (κ2) is 6.29. The lowest BCUT2D eigenvalue weighted by Gasteiger charge is -2.24. The first-order chi connectivity index (χ1) is 10.9. The average Bonchev–Trinajstić information content (AvgIpc) is 3.17. The van der Waals surface area contributed by atoms with Crippen molar-refractivity contribution in [3.8, 4) is 0 Å². The Morgan fingerprint density at radius 1 is 1.39 bits per heavy atom. The molecule has 122 valence electrons. The summed E-state index contributed by atoms with van der Waals surface area (Å²) in [5.41, 5.74) is 0.611. The molecule has 0 spiro atoms. The van der Waals surface area contributed by atoms with Gasteiger partial charge in [-0.3, -0.25) is 4.79 Å². The number of carbonyl (C=O) groups is 1. The van der Waals surface area contributed by atoms with Crippen molar-refractivity contribution >= 4 is 38.6 Å². The number of anilines is 2. The highest BCUT2D eigenvalue weighted by Gasteiger charge is 2.31. The molecule has 0 aliphatic carbocycles. The zero-order valence-corrected chi connectivity index (χ0v) is 14.2. The molecule has 0 bridgehead atoms. The van der Waals surface area contributed by atoms with Crippen LogP contribution >= 0.6 is 11.3 Å². The van der Waals surface area contributed by atoms with Gasteiger partial charge in [0.1, 0.15) is 5.82 Å². The van der Waals surface area contributed by atoms with Crippen molar-refractivity contribution in [1.82, 2.24) is 4.98 Å². The Kier molecular flexibility index (Phi) is 4.36. The molecule has 6 nitrogen and oxygen atoms in total. The van der Waals surface area contributed by atoms with Gasteiger partial charge >= 0.3 is 0 Å². The minimum Gasteiger partial charge on any atom is -0.356 e. The molecule has 23 heavy (non-hydrogen) atoms. The summed E-state index contributed by atoms with van der Waals surface area (Å²) < 4.78 is 23.1. The highest BCUT2D eigenvalue weighted by atomic mass is 32.2. The van der Waals surface area contributed by atoms with Crippen molar-refractivity contribution in [2.75, 3.05) is 28.8 Å². The lowest BCUT2D eigenvalue weighted by molar-refractivity contribution is 0.103. The van der Waals surface area contributed by atoms with Crippen molar-refractivity contribution in [1.29, 1.82) is 0 Å². The summed E-state index contributed by atoms with van der Waals surface area (Å²) in [6.07, 6.45) is 2.21. The molecular formula is C15H17N3O3S2. The van der Waals surface area contributed by atoms with Crippen molar-refractivity contribution in [2.45, 2.75) is 12.5 Å². The highest BCUT2D eigenvalue weighted by molar-refractivity contribution is 7.91. The Morgan fingerprint density at radius 3 is 2.78 bits per heavy atom. The first-order valence-corrected chi connectivity index (χ1v) is 9.89. The van der Waals surface area contributed by atoms with Gasteiger partial charge in [0.15, 0.2) is 9.84 Å². The third kappa shape index (κ3) is 3.70. The van der Waals surface area contributed by atoms with Crippen LogP contribution in [-0.2, 0) is 9.84 Å². The Hall–Kier alpha value is -1.93. The van der Waals surface area contributed by atoms with Gasteiger partial charge in [0, 0.05) is 13.1 Å². The minimum absolute atomic E-state index is 0.0425. The van der Waals surface area contributed by atoms with Gasteiger partial charge in [-0.15, -0.1) is 11.3 Å². The van der Waals surface area contributed by atoms with Gasteiger partial charge in [-0.1, -0.05) is 6.07 Å². The number of pyridine rings is 1. The first kappa shape index (κ1) is 15.9. The van der Waals surface area contributed by atoms with E-state index in [0.717, 1.165) is 0 Å². The number of thiophene rings is 1. The van der Waals surface area contributed by atoms with Crippen LogP contribution in [0.5, 0.6) is 0 Å². The van der Waals surface area contributed by atoms with Crippen LogP contribution in [0.3, 0.4) is 0 Å². The lowest BCUT2D eigenvalue weighted by Crippen LogP contribution is -2.33. The monoisotopic (exact) mass is 351 g/mol. The molecule has 1 fully saturated rings. The van der Waals surface area contributed by atoms with Gasteiger partial charge in [-0.05, 0) is 30.0 Å². The van der Waals surface area contributed by atoms with E-state index in [0.29, 0.717) is 22.8 Å². The summed E-state index contributed by atoms with van der Waals surface area (Å²) >= 11 is 1.38. The Balaban J connectivity index is 1.66. The van der Waals surface area contributed by atoms with E-state index < -0.39 is 9.84 Å². The van der Waals surface area contributed by atoms with E-state index >= 15 is 0 Å². The Morgan fingerprint density at radius 2 is 2.22 bits per heavy atom. The standard InChI is InChI=1S/C15H17N3O3S2/c1-18(12-6-8-23(20,21)10-12)14-5-4-11(9-16-14)17-15(19)13-3-2-7-22-13/h2-5,7,9,12H,6,8,10H2,1H3,(H,17,19). The summed E-state index contributed by atoms with van der Waals surface area (Å²) in [6, 6.07) is 7.10. The molecule has 0 aromatic carbocycles. The third-order valence-corrected chi connectivity index (χ3v) is 6.49. The smallest absolute Gasteiger partial charge is 0.265 e. The van der Waals surface area contributed by atoms with Gasteiger partial charge < -0.3 is 10.2 Å². The van der Waals surface area contributed by atoms with Crippen LogP contribution in [0.25, 0.3) is 0 Å². The molecular weight excluding hydrogens is 334 g/mol. The number of aromatic nitrogens is 1. The second-order valence-electron chi connectivity index (χ2n) is 5.50. The maximum absolute atomic E-state index is 12.0. The number of carbonyl (C=O) groups excluding carboxylic acids is 1. The fourth-order valence-corrected chi connectivity index (χ4v) is 4.93. The van der Waals surface area contributed by atoms with E-state index in [1.54, 1.807) is 24.4 Å². The molecule has 3 rings (SSSR count). The fraction of sp³-hybridized carbons (Fsp3) is 0.333. The Bertz CT molecular complexity index is 786. The SMILES string of the molecule is CN(c1ccc(NC(=O)c2cccs2)cn1)C1CCS(=O)(=O)C1. The summed E-state index contributed by atoms with van der Waals surface area (Å²) in [7, 11) is -1.08. The maximum Gasteiger partial charge on any atom is 0.265 e. The van der Waals surface area contributed by atoms with E-state index in [4.69, 9.17) is 0 Å². The quantitative estimate of drug-likeness (QED) is 0.912. The zero-order chi connectivity index (χ0) is 16.4. The van der Waals surface area contributed by atoms with Gasteiger partial charge in [0.2, 0.25) is 0 Å². The third-order valence-electron chi connectivity index (χ3n) is 3.87. The number of hydrogen-bond acceptors (Lipinski definition) is 6. The molecule has 1 saturated heterocycles.